The second kappa shape index (κ2) is 7.15. The number of likely N-dealkylation sites (N-methyl/N-ethyl adjacent to an activating group) is 1. The maximum atomic E-state index is 10.9. The molecule has 0 amide bonds. The summed E-state index contributed by atoms with van der Waals surface area (Å²) < 4.78 is 6.23. The number of rotatable bonds is 5. The Morgan fingerprint density at radius 2 is 2.30 bits per heavy atom. The molecule has 0 N–H and O–H groups in total. The van der Waals surface area contributed by atoms with E-state index < -0.39 is 0 Å². The van der Waals surface area contributed by atoms with E-state index in [2.05, 4.69) is 20.8 Å². The second-order valence-electron chi connectivity index (χ2n) is 5.23. The molecule has 0 aromatic heterocycles. The summed E-state index contributed by atoms with van der Waals surface area (Å²) in [4.78, 5) is 12.7. The number of nitro benzene ring substituents is 1. The van der Waals surface area contributed by atoms with Crippen LogP contribution >= 0.6 is 15.9 Å². The molecule has 110 valence electrons. The van der Waals surface area contributed by atoms with Gasteiger partial charge in [0.1, 0.15) is 0 Å². The van der Waals surface area contributed by atoms with E-state index in [0.717, 1.165) is 31.6 Å². The summed E-state index contributed by atoms with van der Waals surface area (Å²) in [7, 11) is 2.02. The Balaban J connectivity index is 1.95. The molecule has 0 spiro atoms. The van der Waals surface area contributed by atoms with Crippen molar-refractivity contribution >= 4 is 21.6 Å². The van der Waals surface area contributed by atoms with Crippen LogP contribution in [-0.4, -0.2) is 36.1 Å². The van der Waals surface area contributed by atoms with Crippen molar-refractivity contribution < 1.29 is 9.66 Å². The van der Waals surface area contributed by atoms with Gasteiger partial charge in [-0.25, -0.2) is 0 Å². The van der Waals surface area contributed by atoms with Gasteiger partial charge in [-0.15, -0.1) is 0 Å². The van der Waals surface area contributed by atoms with Crippen LogP contribution in [0, 0.1) is 10.1 Å². The van der Waals surface area contributed by atoms with Gasteiger partial charge in [-0.1, -0.05) is 6.07 Å². The van der Waals surface area contributed by atoms with Crippen LogP contribution in [0.1, 0.15) is 24.8 Å². The average Bonchev–Trinajstić information content (AvgIpc) is 2.41. The molecular formula is C14H19BrN2O3. The van der Waals surface area contributed by atoms with E-state index in [4.69, 9.17) is 4.74 Å². The van der Waals surface area contributed by atoms with Gasteiger partial charge in [0.05, 0.1) is 15.5 Å². The van der Waals surface area contributed by atoms with E-state index in [-0.39, 0.29) is 10.6 Å². The molecule has 1 aromatic carbocycles. The summed E-state index contributed by atoms with van der Waals surface area (Å²) in [6, 6.07) is 5.27. The summed E-state index contributed by atoms with van der Waals surface area (Å²) >= 11 is 3.20. The predicted molar refractivity (Wildman–Crippen MR) is 80.7 cm³/mol. The molecule has 6 heteroatoms. The summed E-state index contributed by atoms with van der Waals surface area (Å²) in [6.45, 7) is 2.40. The van der Waals surface area contributed by atoms with Crippen LogP contribution in [0.15, 0.2) is 22.7 Å². The van der Waals surface area contributed by atoms with Crippen LogP contribution in [0.4, 0.5) is 5.69 Å². The monoisotopic (exact) mass is 342 g/mol. The Bertz CT molecular complexity index is 475. The Labute approximate surface area is 127 Å². The van der Waals surface area contributed by atoms with Crippen molar-refractivity contribution in [3.05, 3.63) is 38.3 Å². The van der Waals surface area contributed by atoms with E-state index in [9.17, 15) is 10.1 Å². The third-order valence-corrected chi connectivity index (χ3v) is 4.12. The molecule has 1 heterocycles. The van der Waals surface area contributed by atoms with Crippen molar-refractivity contribution in [1.82, 2.24) is 4.90 Å². The third-order valence-electron chi connectivity index (χ3n) is 3.45. The zero-order chi connectivity index (χ0) is 14.5. The quantitative estimate of drug-likeness (QED) is 0.608. The number of benzene rings is 1. The summed E-state index contributed by atoms with van der Waals surface area (Å²) in [5, 5.41) is 10.9. The maximum absolute atomic E-state index is 10.9. The van der Waals surface area contributed by atoms with Crippen LogP contribution in [0.5, 0.6) is 0 Å². The highest BCUT2D eigenvalue weighted by molar-refractivity contribution is 9.10. The summed E-state index contributed by atoms with van der Waals surface area (Å²) in [5.74, 6) is 0. The predicted octanol–water partition coefficient (Wildman–Crippen LogP) is 3.36. The fourth-order valence-corrected chi connectivity index (χ4v) is 2.86. The second-order valence-corrected chi connectivity index (χ2v) is 6.08. The molecule has 0 radical (unpaired) electrons. The molecule has 0 bridgehead atoms. The Hall–Kier alpha value is -0.980. The lowest BCUT2D eigenvalue weighted by molar-refractivity contribution is -0.385. The van der Waals surface area contributed by atoms with Gasteiger partial charge in [0.25, 0.3) is 5.69 Å². The van der Waals surface area contributed by atoms with Crippen molar-refractivity contribution in [1.29, 1.82) is 0 Å². The Morgan fingerprint density at radius 1 is 1.50 bits per heavy atom. The number of ether oxygens (including phenoxy) is 1. The lowest BCUT2D eigenvalue weighted by Crippen LogP contribution is -2.33. The first-order valence-electron chi connectivity index (χ1n) is 6.79. The molecule has 5 nitrogen and oxygen atoms in total. The molecular weight excluding hydrogens is 324 g/mol. The average molecular weight is 343 g/mol. The van der Waals surface area contributed by atoms with Gasteiger partial charge in [0, 0.05) is 25.8 Å². The van der Waals surface area contributed by atoms with Crippen molar-refractivity contribution in [2.24, 2.45) is 0 Å². The molecule has 1 aliphatic heterocycles. The number of halogens is 1. The van der Waals surface area contributed by atoms with E-state index in [1.165, 1.54) is 6.42 Å². The molecule has 20 heavy (non-hydrogen) atoms. The van der Waals surface area contributed by atoms with E-state index in [1.54, 1.807) is 12.1 Å². The third kappa shape index (κ3) is 4.26. The van der Waals surface area contributed by atoms with Crippen LogP contribution < -0.4 is 0 Å². The van der Waals surface area contributed by atoms with Gasteiger partial charge in [-0.3, -0.25) is 15.0 Å². The fourth-order valence-electron chi connectivity index (χ4n) is 2.47. The minimum absolute atomic E-state index is 0.116. The first-order chi connectivity index (χ1) is 9.56. The standard InChI is InChI=1S/C14H19BrN2O3/c1-16(10-12-4-2-3-7-20-12)9-11-5-6-13(15)14(8-11)17(18)19/h5-6,8,12H,2-4,7,9-10H2,1H3. The number of hydrogen-bond donors (Lipinski definition) is 0. The molecule has 0 aliphatic carbocycles. The molecule has 1 fully saturated rings. The van der Waals surface area contributed by atoms with Crippen molar-refractivity contribution in [3.8, 4) is 0 Å². The zero-order valence-corrected chi connectivity index (χ0v) is 13.1. The lowest BCUT2D eigenvalue weighted by Gasteiger charge is -2.27. The highest BCUT2D eigenvalue weighted by Crippen LogP contribution is 2.26. The van der Waals surface area contributed by atoms with Crippen LogP contribution in [0.25, 0.3) is 0 Å². The minimum Gasteiger partial charge on any atom is -0.377 e. The highest BCUT2D eigenvalue weighted by atomic mass is 79.9. The number of nitrogens with zero attached hydrogens (tertiary/aromatic N) is 2. The molecule has 1 aromatic rings. The van der Waals surface area contributed by atoms with Crippen LogP contribution in [0.2, 0.25) is 0 Å². The smallest absolute Gasteiger partial charge is 0.283 e. The molecule has 1 aliphatic rings. The van der Waals surface area contributed by atoms with Crippen molar-refractivity contribution in [2.45, 2.75) is 31.9 Å². The molecule has 1 saturated heterocycles. The molecule has 1 unspecified atom stereocenters. The lowest BCUT2D eigenvalue weighted by atomic mass is 10.1. The van der Waals surface area contributed by atoms with E-state index in [1.807, 2.05) is 13.1 Å². The Morgan fingerprint density at radius 3 is 2.95 bits per heavy atom. The molecule has 1 atom stereocenters. The topological polar surface area (TPSA) is 55.6 Å². The van der Waals surface area contributed by atoms with Crippen LogP contribution in [-0.2, 0) is 11.3 Å². The van der Waals surface area contributed by atoms with Gasteiger partial charge in [0.2, 0.25) is 0 Å². The Kier molecular flexibility index (Phi) is 5.51. The van der Waals surface area contributed by atoms with Gasteiger partial charge in [-0.05, 0) is 53.9 Å². The number of nitro groups is 1. The number of hydrogen-bond acceptors (Lipinski definition) is 4. The SMILES string of the molecule is CN(Cc1ccc(Br)c([N+](=O)[O-])c1)CC1CCCCO1. The maximum Gasteiger partial charge on any atom is 0.283 e. The summed E-state index contributed by atoms with van der Waals surface area (Å²) in [6.07, 6.45) is 3.77. The normalized spacial score (nSPS) is 19.2. The van der Waals surface area contributed by atoms with Gasteiger partial charge in [0.15, 0.2) is 0 Å². The van der Waals surface area contributed by atoms with Gasteiger partial charge in [-0.2, -0.15) is 0 Å². The fraction of sp³-hybridized carbons (Fsp3) is 0.571. The first kappa shape index (κ1) is 15.4. The van der Waals surface area contributed by atoms with Gasteiger partial charge < -0.3 is 4.74 Å². The van der Waals surface area contributed by atoms with Crippen LogP contribution in [0.3, 0.4) is 0 Å². The minimum atomic E-state index is -0.363. The van der Waals surface area contributed by atoms with E-state index in [0.29, 0.717) is 17.1 Å². The van der Waals surface area contributed by atoms with Gasteiger partial charge >= 0.3 is 0 Å². The zero-order valence-electron chi connectivity index (χ0n) is 11.5. The first-order valence-corrected chi connectivity index (χ1v) is 7.58. The highest BCUT2D eigenvalue weighted by Gasteiger charge is 2.17. The largest absolute Gasteiger partial charge is 0.377 e. The van der Waals surface area contributed by atoms with E-state index >= 15 is 0 Å². The molecule has 2 rings (SSSR count). The molecule has 0 saturated carbocycles. The van der Waals surface area contributed by atoms with Crippen molar-refractivity contribution in [2.75, 3.05) is 20.2 Å². The van der Waals surface area contributed by atoms with Crippen molar-refractivity contribution in [3.63, 3.8) is 0 Å². The summed E-state index contributed by atoms with van der Waals surface area (Å²) in [5.41, 5.74) is 1.06.